The molecule has 100 valence electrons. The van der Waals surface area contributed by atoms with Crippen LogP contribution >= 0.6 is 11.6 Å². The molecule has 0 aliphatic rings. The lowest BCUT2D eigenvalue weighted by molar-refractivity contribution is 0.459. The van der Waals surface area contributed by atoms with E-state index < -0.39 is 0 Å². The minimum absolute atomic E-state index is 0.558. The van der Waals surface area contributed by atoms with Crippen molar-refractivity contribution in [2.75, 3.05) is 6.54 Å². The molecular weight excluding hydrogens is 260 g/mol. The Hall–Kier alpha value is -1.58. The summed E-state index contributed by atoms with van der Waals surface area (Å²) in [6.07, 6.45) is 0. The second-order valence-corrected chi connectivity index (χ2v) is 4.69. The number of aryl methyl sites for hydroxylation is 1. The van der Waals surface area contributed by atoms with Crippen LogP contribution in [0.25, 0.3) is 0 Å². The maximum absolute atomic E-state index is 6.10. The zero-order chi connectivity index (χ0) is 13.7. The van der Waals surface area contributed by atoms with E-state index in [1.54, 1.807) is 0 Å². The Bertz CT molecular complexity index is 558. The number of benzene rings is 1. The SMILES string of the molecule is CCNCc1cccc(Oc2cc(C)ccc2Cl)n1. The lowest BCUT2D eigenvalue weighted by atomic mass is 10.2. The van der Waals surface area contributed by atoms with E-state index in [-0.39, 0.29) is 0 Å². The van der Waals surface area contributed by atoms with Crippen molar-refractivity contribution in [3.8, 4) is 11.6 Å². The molecule has 2 aromatic rings. The Morgan fingerprint density at radius 3 is 2.89 bits per heavy atom. The maximum atomic E-state index is 6.10. The minimum atomic E-state index is 0.558. The standard InChI is InChI=1S/C15H17ClN2O/c1-3-17-10-12-5-4-6-15(18-12)19-14-9-11(2)7-8-13(14)16/h4-9,17H,3,10H2,1-2H3. The molecule has 1 aromatic carbocycles. The van der Waals surface area contributed by atoms with E-state index in [4.69, 9.17) is 16.3 Å². The molecule has 0 bridgehead atoms. The second-order valence-electron chi connectivity index (χ2n) is 4.28. The molecule has 0 atom stereocenters. The summed E-state index contributed by atoms with van der Waals surface area (Å²) in [6.45, 7) is 5.71. The number of hydrogen-bond acceptors (Lipinski definition) is 3. The van der Waals surface area contributed by atoms with Gasteiger partial charge in [-0.05, 0) is 37.2 Å². The highest BCUT2D eigenvalue weighted by molar-refractivity contribution is 6.32. The molecule has 1 N–H and O–H groups in total. The van der Waals surface area contributed by atoms with Crippen molar-refractivity contribution in [3.63, 3.8) is 0 Å². The van der Waals surface area contributed by atoms with Gasteiger partial charge in [-0.1, -0.05) is 30.7 Å². The number of rotatable bonds is 5. The van der Waals surface area contributed by atoms with Gasteiger partial charge in [-0.3, -0.25) is 0 Å². The summed E-state index contributed by atoms with van der Waals surface area (Å²) in [7, 11) is 0. The number of nitrogens with zero attached hydrogens (tertiary/aromatic N) is 1. The molecule has 0 saturated carbocycles. The van der Waals surface area contributed by atoms with Crippen molar-refractivity contribution in [1.82, 2.24) is 10.3 Å². The Kier molecular flexibility index (Phi) is 4.77. The Morgan fingerprint density at radius 2 is 2.11 bits per heavy atom. The monoisotopic (exact) mass is 276 g/mol. The van der Waals surface area contributed by atoms with E-state index in [1.807, 2.05) is 43.3 Å². The normalized spacial score (nSPS) is 10.5. The van der Waals surface area contributed by atoms with E-state index in [9.17, 15) is 0 Å². The molecule has 1 heterocycles. The summed E-state index contributed by atoms with van der Waals surface area (Å²) < 4.78 is 5.74. The van der Waals surface area contributed by atoms with Crippen LogP contribution < -0.4 is 10.1 Å². The van der Waals surface area contributed by atoms with Gasteiger partial charge < -0.3 is 10.1 Å². The van der Waals surface area contributed by atoms with Gasteiger partial charge in [-0.15, -0.1) is 0 Å². The van der Waals surface area contributed by atoms with Gasteiger partial charge in [0, 0.05) is 12.6 Å². The topological polar surface area (TPSA) is 34.1 Å². The van der Waals surface area contributed by atoms with Crippen molar-refractivity contribution in [1.29, 1.82) is 0 Å². The zero-order valence-corrected chi connectivity index (χ0v) is 11.9. The average molecular weight is 277 g/mol. The third-order valence-electron chi connectivity index (χ3n) is 2.64. The first-order valence-corrected chi connectivity index (χ1v) is 6.67. The van der Waals surface area contributed by atoms with Crippen LogP contribution in [0, 0.1) is 6.92 Å². The first-order chi connectivity index (χ1) is 9.19. The van der Waals surface area contributed by atoms with Crippen LogP contribution in [-0.4, -0.2) is 11.5 Å². The highest BCUT2D eigenvalue weighted by Crippen LogP contribution is 2.29. The van der Waals surface area contributed by atoms with Crippen LogP contribution in [0.2, 0.25) is 5.02 Å². The van der Waals surface area contributed by atoms with E-state index in [0.717, 1.165) is 24.3 Å². The first kappa shape index (κ1) is 13.8. The Balaban J connectivity index is 2.16. The van der Waals surface area contributed by atoms with Gasteiger partial charge >= 0.3 is 0 Å². The molecule has 0 aliphatic carbocycles. The molecule has 0 fully saturated rings. The predicted molar refractivity (Wildman–Crippen MR) is 77.9 cm³/mol. The fourth-order valence-electron chi connectivity index (χ4n) is 1.67. The van der Waals surface area contributed by atoms with Crippen LogP contribution in [0.15, 0.2) is 36.4 Å². The van der Waals surface area contributed by atoms with Gasteiger partial charge in [-0.2, -0.15) is 0 Å². The zero-order valence-electron chi connectivity index (χ0n) is 11.1. The van der Waals surface area contributed by atoms with E-state index in [0.29, 0.717) is 16.7 Å². The van der Waals surface area contributed by atoms with Crippen LogP contribution in [0.4, 0.5) is 0 Å². The van der Waals surface area contributed by atoms with Crippen LogP contribution in [0.3, 0.4) is 0 Å². The summed E-state index contributed by atoms with van der Waals surface area (Å²) in [5.74, 6) is 1.19. The maximum Gasteiger partial charge on any atom is 0.219 e. The van der Waals surface area contributed by atoms with Gasteiger partial charge in [0.05, 0.1) is 10.7 Å². The molecule has 3 nitrogen and oxygen atoms in total. The first-order valence-electron chi connectivity index (χ1n) is 6.29. The molecule has 0 spiro atoms. The number of aromatic nitrogens is 1. The second kappa shape index (κ2) is 6.55. The molecule has 2 rings (SSSR count). The van der Waals surface area contributed by atoms with Crippen molar-refractivity contribution < 1.29 is 4.74 Å². The van der Waals surface area contributed by atoms with Gasteiger partial charge in [0.2, 0.25) is 5.88 Å². The predicted octanol–water partition coefficient (Wildman–Crippen LogP) is 3.95. The summed E-state index contributed by atoms with van der Waals surface area (Å²) in [6, 6.07) is 11.4. The highest BCUT2D eigenvalue weighted by Gasteiger charge is 2.05. The van der Waals surface area contributed by atoms with Gasteiger partial charge in [0.25, 0.3) is 0 Å². The van der Waals surface area contributed by atoms with Crippen molar-refractivity contribution in [3.05, 3.63) is 52.7 Å². The molecule has 0 amide bonds. The molecule has 1 aromatic heterocycles. The number of halogens is 1. The quantitative estimate of drug-likeness (QED) is 0.898. The van der Waals surface area contributed by atoms with E-state index in [1.165, 1.54) is 0 Å². The number of nitrogens with one attached hydrogen (secondary N) is 1. The minimum Gasteiger partial charge on any atom is -0.437 e. The molecular formula is C15H17ClN2O. The van der Waals surface area contributed by atoms with Crippen LogP contribution in [-0.2, 0) is 6.54 Å². The Labute approximate surface area is 118 Å². The van der Waals surface area contributed by atoms with Gasteiger partial charge in [0.1, 0.15) is 5.75 Å². The largest absolute Gasteiger partial charge is 0.437 e. The number of pyridine rings is 1. The number of ether oxygens (including phenoxy) is 1. The molecule has 4 heteroatoms. The lowest BCUT2D eigenvalue weighted by Gasteiger charge is -2.09. The summed E-state index contributed by atoms with van der Waals surface area (Å²) in [5.41, 5.74) is 2.05. The molecule has 0 unspecified atom stereocenters. The fraction of sp³-hybridized carbons (Fsp3) is 0.267. The third kappa shape index (κ3) is 3.94. The van der Waals surface area contributed by atoms with E-state index in [2.05, 4.69) is 17.2 Å². The van der Waals surface area contributed by atoms with Crippen molar-refractivity contribution >= 4 is 11.6 Å². The fourth-order valence-corrected chi connectivity index (χ4v) is 1.82. The van der Waals surface area contributed by atoms with E-state index >= 15 is 0 Å². The highest BCUT2D eigenvalue weighted by atomic mass is 35.5. The molecule has 0 saturated heterocycles. The lowest BCUT2D eigenvalue weighted by Crippen LogP contribution is -2.12. The molecule has 19 heavy (non-hydrogen) atoms. The number of hydrogen-bond donors (Lipinski definition) is 1. The molecule has 0 aliphatic heterocycles. The smallest absolute Gasteiger partial charge is 0.219 e. The van der Waals surface area contributed by atoms with Crippen molar-refractivity contribution in [2.45, 2.75) is 20.4 Å². The summed E-state index contributed by atoms with van der Waals surface area (Å²) in [4.78, 5) is 4.43. The summed E-state index contributed by atoms with van der Waals surface area (Å²) in [5, 5.41) is 3.82. The summed E-state index contributed by atoms with van der Waals surface area (Å²) >= 11 is 6.10. The van der Waals surface area contributed by atoms with Crippen LogP contribution in [0.1, 0.15) is 18.2 Å². The van der Waals surface area contributed by atoms with Crippen molar-refractivity contribution in [2.24, 2.45) is 0 Å². The molecule has 0 radical (unpaired) electrons. The van der Waals surface area contributed by atoms with Crippen LogP contribution in [0.5, 0.6) is 11.6 Å². The average Bonchev–Trinajstić information content (AvgIpc) is 2.41. The van der Waals surface area contributed by atoms with Gasteiger partial charge in [-0.25, -0.2) is 4.98 Å². The van der Waals surface area contributed by atoms with Gasteiger partial charge in [0.15, 0.2) is 0 Å². The third-order valence-corrected chi connectivity index (χ3v) is 2.95. The Morgan fingerprint density at radius 1 is 1.26 bits per heavy atom.